The fourth-order valence-electron chi connectivity index (χ4n) is 4.85. The van der Waals surface area contributed by atoms with E-state index < -0.39 is 23.2 Å². The van der Waals surface area contributed by atoms with Crippen LogP contribution in [0, 0.1) is 0 Å². The molecule has 1 N–H and O–H groups in total. The monoisotopic (exact) mass is 561 g/mol. The van der Waals surface area contributed by atoms with Gasteiger partial charge in [-0.25, -0.2) is 9.97 Å². The number of aromatic nitrogens is 2. The van der Waals surface area contributed by atoms with Gasteiger partial charge in [0, 0.05) is 43.4 Å². The van der Waals surface area contributed by atoms with E-state index in [1.165, 1.54) is 11.0 Å². The lowest BCUT2D eigenvalue weighted by atomic mass is 10.0. The number of halogens is 4. The summed E-state index contributed by atoms with van der Waals surface area (Å²) in [5, 5.41) is 3.10. The fraction of sp³-hybridized carbons (Fsp3) is 0.393. The first-order chi connectivity index (χ1) is 18.7. The van der Waals surface area contributed by atoms with Crippen molar-refractivity contribution < 1.29 is 22.7 Å². The average Bonchev–Trinajstić information content (AvgIpc) is 2.92. The third kappa shape index (κ3) is 6.28. The molecule has 0 radical (unpaired) electrons. The van der Waals surface area contributed by atoms with Crippen LogP contribution in [0.25, 0.3) is 11.3 Å². The highest BCUT2D eigenvalue weighted by Gasteiger charge is 2.38. The molecule has 1 aliphatic heterocycles. The molecule has 3 aromatic rings. The first-order valence-electron chi connectivity index (χ1n) is 12.8. The van der Waals surface area contributed by atoms with Crippen molar-refractivity contribution in [1.82, 2.24) is 20.2 Å². The van der Waals surface area contributed by atoms with Crippen molar-refractivity contribution in [2.45, 2.75) is 39.0 Å². The molecule has 1 fully saturated rings. The van der Waals surface area contributed by atoms with Gasteiger partial charge in [-0.1, -0.05) is 18.5 Å². The SMILES string of the molecule is CCOc1ncccc1-c1ccc(N2CCN(C(=O)c3ccc(Cl)cc3C(F)(F)F)C[C@H]2CC)c(CNC)n1. The second-order valence-electron chi connectivity index (χ2n) is 9.18. The van der Waals surface area contributed by atoms with Gasteiger partial charge in [-0.2, -0.15) is 13.2 Å². The molecular formula is C28H31ClF3N5O2. The molecule has 1 saturated heterocycles. The standard InChI is InChI=1S/C28H31ClF3N5O2/c1-4-19-17-36(27(38)20-9-8-18(29)15-22(20)28(30,31)32)13-14-37(19)25-11-10-23(35-24(25)16-33-3)21-7-6-12-34-26(21)39-5-2/h6-12,15,19,33H,4-5,13-14,16-17H2,1-3H3/t19-/m1/s1. The van der Waals surface area contributed by atoms with Gasteiger partial charge in [0.1, 0.15) is 0 Å². The third-order valence-electron chi connectivity index (χ3n) is 6.69. The van der Waals surface area contributed by atoms with Crippen molar-refractivity contribution in [3.8, 4) is 17.1 Å². The number of alkyl halides is 3. The maximum atomic E-state index is 13.7. The lowest BCUT2D eigenvalue weighted by Crippen LogP contribution is -2.55. The zero-order valence-electron chi connectivity index (χ0n) is 22.1. The number of rotatable bonds is 8. The molecule has 1 atom stereocenters. The quantitative estimate of drug-likeness (QED) is 0.382. The molecule has 0 saturated carbocycles. The maximum absolute atomic E-state index is 13.7. The summed E-state index contributed by atoms with van der Waals surface area (Å²) < 4.78 is 46.7. The van der Waals surface area contributed by atoms with Gasteiger partial charge in [0.05, 0.1) is 40.4 Å². The van der Waals surface area contributed by atoms with E-state index in [0.717, 1.165) is 34.8 Å². The average molecular weight is 562 g/mol. The number of anilines is 1. The molecule has 208 valence electrons. The van der Waals surface area contributed by atoms with Crippen molar-refractivity contribution in [3.63, 3.8) is 0 Å². The van der Waals surface area contributed by atoms with Crippen LogP contribution in [0.5, 0.6) is 5.88 Å². The van der Waals surface area contributed by atoms with Crippen LogP contribution >= 0.6 is 11.6 Å². The Morgan fingerprint density at radius 1 is 1.18 bits per heavy atom. The van der Waals surface area contributed by atoms with Crippen LogP contribution in [0.15, 0.2) is 48.7 Å². The van der Waals surface area contributed by atoms with Crippen molar-refractivity contribution >= 4 is 23.2 Å². The third-order valence-corrected chi connectivity index (χ3v) is 6.93. The maximum Gasteiger partial charge on any atom is 0.417 e. The summed E-state index contributed by atoms with van der Waals surface area (Å²) in [6.45, 7) is 5.89. The molecule has 0 spiro atoms. The molecule has 1 aromatic carbocycles. The van der Waals surface area contributed by atoms with Crippen LogP contribution in [-0.2, 0) is 12.7 Å². The molecule has 39 heavy (non-hydrogen) atoms. The van der Waals surface area contributed by atoms with E-state index in [1.54, 1.807) is 6.20 Å². The highest BCUT2D eigenvalue weighted by Crippen LogP contribution is 2.36. The van der Waals surface area contributed by atoms with Crippen molar-refractivity contribution in [3.05, 3.63) is 70.5 Å². The number of carbonyl (C=O) groups excluding carboxylic acids is 1. The van der Waals surface area contributed by atoms with Crippen LogP contribution in [-0.4, -0.2) is 60.1 Å². The Morgan fingerprint density at radius 2 is 1.97 bits per heavy atom. The fourth-order valence-corrected chi connectivity index (χ4v) is 5.03. The first-order valence-corrected chi connectivity index (χ1v) is 13.2. The summed E-state index contributed by atoms with van der Waals surface area (Å²) >= 11 is 5.81. The molecule has 3 heterocycles. The molecule has 0 unspecified atom stereocenters. The number of pyridine rings is 2. The Hall–Kier alpha value is -3.37. The molecule has 2 aromatic heterocycles. The van der Waals surface area contributed by atoms with E-state index in [1.807, 2.05) is 45.2 Å². The van der Waals surface area contributed by atoms with E-state index in [9.17, 15) is 18.0 Å². The van der Waals surface area contributed by atoms with Crippen LogP contribution < -0.4 is 15.0 Å². The Kier molecular flexibility index (Phi) is 8.97. The number of nitrogens with one attached hydrogen (secondary N) is 1. The Bertz CT molecular complexity index is 1320. The number of nitrogens with zero attached hydrogens (tertiary/aromatic N) is 4. The minimum Gasteiger partial charge on any atom is -0.477 e. The normalized spacial score (nSPS) is 15.9. The first kappa shape index (κ1) is 28.6. The van der Waals surface area contributed by atoms with E-state index >= 15 is 0 Å². The van der Waals surface area contributed by atoms with Gasteiger partial charge >= 0.3 is 6.18 Å². The van der Waals surface area contributed by atoms with Crippen molar-refractivity contribution in [2.75, 3.05) is 38.2 Å². The molecule has 7 nitrogen and oxygen atoms in total. The molecule has 11 heteroatoms. The number of carbonyl (C=O) groups is 1. The molecule has 0 bridgehead atoms. The highest BCUT2D eigenvalue weighted by atomic mass is 35.5. The predicted octanol–water partition coefficient (Wildman–Crippen LogP) is 5.67. The molecule has 1 aliphatic rings. The number of hydrogen-bond donors (Lipinski definition) is 1. The Morgan fingerprint density at radius 3 is 2.67 bits per heavy atom. The molecular weight excluding hydrogens is 531 g/mol. The predicted molar refractivity (Wildman–Crippen MR) is 145 cm³/mol. The lowest BCUT2D eigenvalue weighted by Gasteiger charge is -2.43. The lowest BCUT2D eigenvalue weighted by molar-refractivity contribution is -0.138. The summed E-state index contributed by atoms with van der Waals surface area (Å²) in [4.78, 5) is 26.2. The number of ether oxygens (including phenoxy) is 1. The van der Waals surface area contributed by atoms with E-state index in [2.05, 4.69) is 15.2 Å². The second kappa shape index (κ2) is 12.2. The summed E-state index contributed by atoms with van der Waals surface area (Å²) in [7, 11) is 1.84. The van der Waals surface area contributed by atoms with Gasteiger partial charge in [0.2, 0.25) is 5.88 Å². The van der Waals surface area contributed by atoms with E-state index in [-0.39, 0.29) is 24.2 Å². The zero-order valence-corrected chi connectivity index (χ0v) is 22.8. The van der Waals surface area contributed by atoms with E-state index in [4.69, 9.17) is 21.3 Å². The van der Waals surface area contributed by atoms with Crippen LogP contribution in [0.4, 0.5) is 18.9 Å². The van der Waals surface area contributed by atoms with Crippen molar-refractivity contribution in [1.29, 1.82) is 0 Å². The van der Waals surface area contributed by atoms with Crippen molar-refractivity contribution in [2.24, 2.45) is 0 Å². The molecule has 1 amide bonds. The van der Waals surface area contributed by atoms with Crippen LogP contribution in [0.1, 0.15) is 41.9 Å². The van der Waals surface area contributed by atoms with Gasteiger partial charge in [0.25, 0.3) is 5.91 Å². The van der Waals surface area contributed by atoms with Gasteiger partial charge in [-0.05, 0) is 62.9 Å². The second-order valence-corrected chi connectivity index (χ2v) is 9.61. The number of amides is 1. The topological polar surface area (TPSA) is 70.6 Å². The molecule has 4 rings (SSSR count). The number of hydrogen-bond acceptors (Lipinski definition) is 6. The van der Waals surface area contributed by atoms with Gasteiger partial charge in [-0.15, -0.1) is 0 Å². The Balaban J connectivity index is 1.62. The van der Waals surface area contributed by atoms with Crippen LogP contribution in [0.3, 0.4) is 0 Å². The van der Waals surface area contributed by atoms with E-state index in [0.29, 0.717) is 32.0 Å². The van der Waals surface area contributed by atoms with Crippen LogP contribution in [0.2, 0.25) is 5.02 Å². The Labute approximate surface area is 231 Å². The number of benzene rings is 1. The summed E-state index contributed by atoms with van der Waals surface area (Å²) in [6, 6.07) is 10.8. The minimum absolute atomic E-state index is 0.0669. The summed E-state index contributed by atoms with van der Waals surface area (Å²) in [5.74, 6) is -0.143. The van der Waals surface area contributed by atoms with Gasteiger partial charge < -0.3 is 19.9 Å². The summed E-state index contributed by atoms with van der Waals surface area (Å²) in [6.07, 6.45) is -2.33. The highest BCUT2D eigenvalue weighted by molar-refractivity contribution is 6.30. The summed E-state index contributed by atoms with van der Waals surface area (Å²) in [5.41, 5.74) is 1.83. The van der Waals surface area contributed by atoms with Gasteiger partial charge in [0.15, 0.2) is 0 Å². The van der Waals surface area contributed by atoms with Gasteiger partial charge in [-0.3, -0.25) is 4.79 Å². The smallest absolute Gasteiger partial charge is 0.417 e. The zero-order chi connectivity index (χ0) is 28.2. The largest absolute Gasteiger partial charge is 0.477 e. The molecule has 0 aliphatic carbocycles. The number of piperazine rings is 1. The minimum atomic E-state index is -4.69.